The molecule has 0 aromatic carbocycles. The lowest BCUT2D eigenvalue weighted by Crippen LogP contribution is -2.43. The number of nitrogens with one attached hydrogen (secondary N) is 1. The van der Waals surface area contributed by atoms with Crippen molar-refractivity contribution in [3.63, 3.8) is 0 Å². The van der Waals surface area contributed by atoms with Crippen molar-refractivity contribution in [3.8, 4) is 0 Å². The van der Waals surface area contributed by atoms with E-state index in [0.29, 0.717) is 6.54 Å². The fourth-order valence-corrected chi connectivity index (χ4v) is 1.95. The van der Waals surface area contributed by atoms with Gasteiger partial charge < -0.3 is 10.4 Å². The van der Waals surface area contributed by atoms with Gasteiger partial charge in [-0.25, -0.2) is 9.97 Å². The fourth-order valence-electron chi connectivity index (χ4n) is 1.56. The lowest BCUT2D eigenvalue weighted by molar-refractivity contribution is -0.0202. The molecule has 15 heavy (non-hydrogen) atoms. The summed E-state index contributed by atoms with van der Waals surface area (Å²) < 4.78 is 0. The minimum absolute atomic E-state index is 0.509. The van der Waals surface area contributed by atoms with E-state index >= 15 is 0 Å². The zero-order chi connectivity index (χ0) is 10.7. The van der Waals surface area contributed by atoms with Crippen LogP contribution in [0.2, 0.25) is 0 Å². The summed E-state index contributed by atoms with van der Waals surface area (Å²) in [6, 6.07) is 1.90. The summed E-state index contributed by atoms with van der Waals surface area (Å²) in [6.45, 7) is 0.581. The molecular formula is C10H15N3OS. The Bertz CT molecular complexity index is 341. The predicted octanol–water partition coefficient (Wildman–Crippen LogP) is 1.53. The van der Waals surface area contributed by atoms with E-state index in [0.717, 1.165) is 30.1 Å². The van der Waals surface area contributed by atoms with Gasteiger partial charge in [-0.1, -0.05) is 0 Å². The average molecular weight is 225 g/mol. The van der Waals surface area contributed by atoms with E-state index in [1.807, 2.05) is 12.3 Å². The Kier molecular flexibility index (Phi) is 3.11. The highest BCUT2D eigenvalue weighted by molar-refractivity contribution is 7.98. The van der Waals surface area contributed by atoms with Gasteiger partial charge >= 0.3 is 0 Å². The van der Waals surface area contributed by atoms with Crippen molar-refractivity contribution in [2.45, 2.75) is 29.9 Å². The van der Waals surface area contributed by atoms with Crippen LogP contribution in [-0.4, -0.2) is 33.5 Å². The third kappa shape index (κ3) is 2.60. The number of aromatic nitrogens is 2. The second-order valence-electron chi connectivity index (χ2n) is 3.88. The van der Waals surface area contributed by atoms with Gasteiger partial charge in [0.25, 0.3) is 0 Å². The van der Waals surface area contributed by atoms with Crippen LogP contribution in [0.5, 0.6) is 0 Å². The summed E-state index contributed by atoms with van der Waals surface area (Å²) in [5.41, 5.74) is -0.509. The van der Waals surface area contributed by atoms with Crippen LogP contribution < -0.4 is 5.32 Å². The SMILES string of the molecule is CSc1cc(NCC2(O)CCC2)ncn1. The number of anilines is 1. The van der Waals surface area contributed by atoms with Gasteiger partial charge in [-0.2, -0.15) is 0 Å². The molecule has 0 unspecified atom stereocenters. The molecule has 1 aliphatic carbocycles. The van der Waals surface area contributed by atoms with Crippen molar-refractivity contribution in [1.29, 1.82) is 0 Å². The van der Waals surface area contributed by atoms with Gasteiger partial charge in [-0.3, -0.25) is 0 Å². The molecule has 0 radical (unpaired) electrons. The first-order chi connectivity index (χ1) is 7.22. The summed E-state index contributed by atoms with van der Waals surface area (Å²) in [7, 11) is 0. The Morgan fingerprint density at radius 2 is 2.33 bits per heavy atom. The van der Waals surface area contributed by atoms with Crippen LogP contribution in [-0.2, 0) is 0 Å². The van der Waals surface area contributed by atoms with E-state index in [2.05, 4.69) is 15.3 Å². The van der Waals surface area contributed by atoms with Crippen LogP contribution in [0.4, 0.5) is 5.82 Å². The van der Waals surface area contributed by atoms with Crippen LogP contribution in [0, 0.1) is 0 Å². The van der Waals surface area contributed by atoms with Crippen LogP contribution >= 0.6 is 11.8 Å². The lowest BCUT2D eigenvalue weighted by Gasteiger charge is -2.36. The highest BCUT2D eigenvalue weighted by Gasteiger charge is 2.33. The van der Waals surface area contributed by atoms with E-state index in [4.69, 9.17) is 0 Å². The first kappa shape index (κ1) is 10.7. The molecule has 1 saturated carbocycles. The molecule has 5 heteroatoms. The maximum Gasteiger partial charge on any atom is 0.130 e. The summed E-state index contributed by atoms with van der Waals surface area (Å²) in [6.07, 6.45) is 6.42. The molecule has 1 heterocycles. The van der Waals surface area contributed by atoms with Gasteiger partial charge in [0.15, 0.2) is 0 Å². The molecule has 1 aromatic rings. The molecule has 1 aromatic heterocycles. The molecule has 4 nitrogen and oxygen atoms in total. The first-order valence-corrected chi connectivity index (χ1v) is 6.27. The zero-order valence-corrected chi connectivity index (χ0v) is 9.55. The zero-order valence-electron chi connectivity index (χ0n) is 8.73. The van der Waals surface area contributed by atoms with Crippen LogP contribution in [0.15, 0.2) is 17.4 Å². The first-order valence-electron chi connectivity index (χ1n) is 5.04. The lowest BCUT2D eigenvalue weighted by atomic mass is 9.80. The Labute approximate surface area is 93.5 Å². The molecule has 0 bridgehead atoms. The van der Waals surface area contributed by atoms with Crippen molar-refractivity contribution in [2.24, 2.45) is 0 Å². The quantitative estimate of drug-likeness (QED) is 0.601. The molecule has 0 atom stereocenters. The van der Waals surface area contributed by atoms with E-state index in [1.165, 1.54) is 0 Å². The number of nitrogens with zero attached hydrogens (tertiary/aromatic N) is 2. The molecule has 0 amide bonds. The molecule has 2 rings (SSSR count). The van der Waals surface area contributed by atoms with E-state index in [-0.39, 0.29) is 0 Å². The topological polar surface area (TPSA) is 58.0 Å². The molecule has 82 valence electrons. The van der Waals surface area contributed by atoms with Gasteiger partial charge in [-0.05, 0) is 25.5 Å². The van der Waals surface area contributed by atoms with E-state index in [1.54, 1.807) is 18.1 Å². The molecule has 1 aliphatic rings. The predicted molar refractivity (Wildman–Crippen MR) is 61.1 cm³/mol. The molecule has 1 fully saturated rings. The highest BCUT2D eigenvalue weighted by atomic mass is 32.2. The molecule has 0 spiro atoms. The van der Waals surface area contributed by atoms with Gasteiger partial charge in [0, 0.05) is 12.6 Å². The van der Waals surface area contributed by atoms with E-state index < -0.39 is 5.60 Å². The van der Waals surface area contributed by atoms with Crippen LogP contribution in [0.1, 0.15) is 19.3 Å². The second kappa shape index (κ2) is 4.37. The normalized spacial score (nSPS) is 18.3. The third-order valence-corrected chi connectivity index (χ3v) is 3.38. The number of rotatable bonds is 4. The van der Waals surface area contributed by atoms with E-state index in [9.17, 15) is 5.11 Å². The van der Waals surface area contributed by atoms with Crippen molar-refractivity contribution >= 4 is 17.6 Å². The molecule has 0 aliphatic heterocycles. The van der Waals surface area contributed by atoms with Gasteiger partial charge in [0.2, 0.25) is 0 Å². The maximum absolute atomic E-state index is 9.89. The smallest absolute Gasteiger partial charge is 0.130 e. The molecule has 2 N–H and O–H groups in total. The van der Waals surface area contributed by atoms with Crippen LogP contribution in [0.25, 0.3) is 0 Å². The summed E-state index contributed by atoms with van der Waals surface area (Å²) in [5, 5.41) is 14.0. The summed E-state index contributed by atoms with van der Waals surface area (Å²) in [5.74, 6) is 0.787. The monoisotopic (exact) mass is 225 g/mol. The standard InChI is InChI=1S/C10H15N3OS/c1-15-9-5-8(12-7-13-9)11-6-10(14)3-2-4-10/h5,7,14H,2-4,6H2,1H3,(H,11,12,13). The summed E-state index contributed by atoms with van der Waals surface area (Å²) >= 11 is 1.58. The Hall–Kier alpha value is -0.810. The van der Waals surface area contributed by atoms with Gasteiger partial charge in [0.05, 0.1) is 5.60 Å². The van der Waals surface area contributed by atoms with Crippen molar-refractivity contribution in [2.75, 3.05) is 18.1 Å². The Morgan fingerprint density at radius 3 is 2.93 bits per heavy atom. The highest BCUT2D eigenvalue weighted by Crippen LogP contribution is 2.31. The molecular weight excluding hydrogens is 210 g/mol. The summed E-state index contributed by atoms with van der Waals surface area (Å²) in [4.78, 5) is 8.19. The van der Waals surface area contributed by atoms with Crippen molar-refractivity contribution in [1.82, 2.24) is 9.97 Å². The Morgan fingerprint density at radius 1 is 1.53 bits per heavy atom. The third-order valence-electron chi connectivity index (χ3n) is 2.73. The number of thioether (sulfide) groups is 1. The van der Waals surface area contributed by atoms with Crippen LogP contribution in [0.3, 0.4) is 0 Å². The number of aliphatic hydroxyl groups is 1. The average Bonchev–Trinajstić information content (AvgIpc) is 2.24. The largest absolute Gasteiger partial charge is 0.388 e. The Balaban J connectivity index is 1.92. The molecule has 0 saturated heterocycles. The maximum atomic E-state index is 9.89. The minimum atomic E-state index is -0.509. The van der Waals surface area contributed by atoms with Gasteiger partial charge in [0.1, 0.15) is 17.2 Å². The van der Waals surface area contributed by atoms with Crippen molar-refractivity contribution < 1.29 is 5.11 Å². The van der Waals surface area contributed by atoms with Gasteiger partial charge in [-0.15, -0.1) is 11.8 Å². The minimum Gasteiger partial charge on any atom is -0.388 e. The fraction of sp³-hybridized carbons (Fsp3) is 0.600. The number of hydrogen-bond acceptors (Lipinski definition) is 5. The number of hydrogen-bond donors (Lipinski definition) is 2. The van der Waals surface area contributed by atoms with Crippen molar-refractivity contribution in [3.05, 3.63) is 12.4 Å². The second-order valence-corrected chi connectivity index (χ2v) is 4.70.